The lowest BCUT2D eigenvalue weighted by Gasteiger charge is -2.32. The zero-order valence-electron chi connectivity index (χ0n) is 17.4. The third-order valence-electron chi connectivity index (χ3n) is 5.75. The second-order valence-electron chi connectivity index (χ2n) is 7.71. The summed E-state index contributed by atoms with van der Waals surface area (Å²) in [7, 11) is -2.08. The first-order chi connectivity index (χ1) is 14.0. The van der Waals surface area contributed by atoms with E-state index in [1.807, 2.05) is 19.1 Å². The van der Waals surface area contributed by atoms with Crippen molar-refractivity contribution in [3.05, 3.63) is 59.7 Å². The number of hydrogen-bond acceptors (Lipinski definition) is 4. The number of ether oxygens (including phenoxy) is 1. The van der Waals surface area contributed by atoms with Crippen LogP contribution in [-0.4, -0.2) is 46.6 Å². The molecule has 1 saturated heterocycles. The molecule has 0 amide bonds. The first-order valence-electron chi connectivity index (χ1n) is 10.4. The van der Waals surface area contributed by atoms with Crippen molar-refractivity contribution in [2.75, 3.05) is 33.3 Å². The van der Waals surface area contributed by atoms with E-state index in [0.29, 0.717) is 18.2 Å². The van der Waals surface area contributed by atoms with Gasteiger partial charge in [-0.05, 0) is 68.0 Å². The topological polar surface area (TPSA) is 58.6 Å². The lowest BCUT2D eigenvalue weighted by atomic mass is 9.97. The Labute approximate surface area is 175 Å². The maximum absolute atomic E-state index is 12.8. The molecule has 29 heavy (non-hydrogen) atoms. The number of nitrogens with one attached hydrogen (secondary N) is 1. The van der Waals surface area contributed by atoms with Crippen molar-refractivity contribution in [1.29, 1.82) is 0 Å². The van der Waals surface area contributed by atoms with E-state index in [1.165, 1.54) is 12.7 Å². The van der Waals surface area contributed by atoms with Crippen LogP contribution in [0.15, 0.2) is 53.4 Å². The Morgan fingerprint density at radius 2 is 1.79 bits per heavy atom. The average Bonchev–Trinajstić information content (AvgIpc) is 2.77. The number of methoxy groups -OCH3 is 1. The maximum Gasteiger partial charge on any atom is 0.244 e. The smallest absolute Gasteiger partial charge is 0.244 e. The minimum absolute atomic E-state index is 0.236. The molecule has 1 heterocycles. The molecule has 1 aliphatic rings. The van der Waals surface area contributed by atoms with Crippen LogP contribution >= 0.6 is 0 Å². The number of piperidine rings is 1. The Kier molecular flexibility index (Phi) is 7.70. The molecular formula is C23H32N2O3S. The Morgan fingerprint density at radius 3 is 2.45 bits per heavy atom. The maximum atomic E-state index is 12.8. The molecule has 1 aliphatic heterocycles. The second-order valence-corrected chi connectivity index (χ2v) is 9.45. The molecule has 0 aliphatic carbocycles. The van der Waals surface area contributed by atoms with E-state index in [0.717, 1.165) is 50.9 Å². The average molecular weight is 417 g/mol. The van der Waals surface area contributed by atoms with Gasteiger partial charge in [-0.1, -0.05) is 43.3 Å². The van der Waals surface area contributed by atoms with Crippen LogP contribution in [0.3, 0.4) is 0 Å². The lowest BCUT2D eigenvalue weighted by molar-refractivity contribution is 0.187. The predicted molar refractivity (Wildman–Crippen MR) is 117 cm³/mol. The summed E-state index contributed by atoms with van der Waals surface area (Å²) < 4.78 is 33.8. The van der Waals surface area contributed by atoms with Crippen LogP contribution in [0.4, 0.5) is 0 Å². The van der Waals surface area contributed by atoms with Gasteiger partial charge in [0.1, 0.15) is 10.6 Å². The molecule has 0 bridgehead atoms. The fourth-order valence-corrected chi connectivity index (χ4v) is 5.14. The van der Waals surface area contributed by atoms with Crippen LogP contribution in [0.25, 0.3) is 0 Å². The third-order valence-corrected chi connectivity index (χ3v) is 7.20. The van der Waals surface area contributed by atoms with E-state index >= 15 is 0 Å². The highest BCUT2D eigenvalue weighted by Crippen LogP contribution is 2.26. The molecule has 0 radical (unpaired) electrons. The summed E-state index contributed by atoms with van der Waals surface area (Å²) in [5.41, 5.74) is 2.35. The summed E-state index contributed by atoms with van der Waals surface area (Å²) in [6, 6.07) is 15.9. The Balaban J connectivity index is 1.49. The van der Waals surface area contributed by atoms with Gasteiger partial charge in [-0.25, -0.2) is 13.1 Å². The molecule has 6 heteroatoms. The summed E-state index contributed by atoms with van der Waals surface area (Å²) in [6.07, 6.45) is 3.88. The van der Waals surface area contributed by atoms with Gasteiger partial charge < -0.3 is 9.64 Å². The van der Waals surface area contributed by atoms with Crippen LogP contribution in [0.2, 0.25) is 0 Å². The first kappa shape index (κ1) is 21.8. The molecule has 1 N–H and O–H groups in total. The summed E-state index contributed by atoms with van der Waals surface area (Å²) in [4.78, 5) is 2.71. The van der Waals surface area contributed by atoms with Crippen molar-refractivity contribution in [2.24, 2.45) is 5.92 Å². The fraction of sp³-hybridized carbons (Fsp3) is 0.478. The number of benzene rings is 2. The van der Waals surface area contributed by atoms with E-state index in [-0.39, 0.29) is 4.90 Å². The zero-order chi connectivity index (χ0) is 20.7. The summed E-state index contributed by atoms with van der Waals surface area (Å²) in [5, 5.41) is 0. The van der Waals surface area contributed by atoms with Gasteiger partial charge >= 0.3 is 0 Å². The van der Waals surface area contributed by atoms with Crippen molar-refractivity contribution < 1.29 is 13.2 Å². The minimum atomic E-state index is -3.58. The number of hydrogen-bond donors (Lipinski definition) is 1. The number of sulfonamides is 1. The molecule has 0 spiro atoms. The largest absolute Gasteiger partial charge is 0.495 e. The number of aryl methyl sites for hydroxylation is 1. The standard InChI is InChI=1S/C23H32N2O3S/c1-3-19-9-10-22(28-2)23(17-19)29(26,27)24-18-21-12-15-25(16-13-21)14-11-20-7-5-4-6-8-20/h4-10,17,21,24H,3,11-16,18H2,1-2H3. The quantitative estimate of drug-likeness (QED) is 0.680. The molecule has 5 nitrogen and oxygen atoms in total. The van der Waals surface area contributed by atoms with E-state index in [1.54, 1.807) is 12.1 Å². The molecular weight excluding hydrogens is 384 g/mol. The zero-order valence-corrected chi connectivity index (χ0v) is 18.2. The highest BCUT2D eigenvalue weighted by molar-refractivity contribution is 7.89. The number of rotatable bonds is 9. The van der Waals surface area contributed by atoms with Gasteiger partial charge in [-0.3, -0.25) is 0 Å². The minimum Gasteiger partial charge on any atom is -0.495 e. The second kappa shape index (κ2) is 10.2. The van der Waals surface area contributed by atoms with Gasteiger partial charge in [-0.15, -0.1) is 0 Å². The summed E-state index contributed by atoms with van der Waals surface area (Å²) in [6.45, 7) is 5.59. The highest BCUT2D eigenvalue weighted by Gasteiger charge is 2.24. The van der Waals surface area contributed by atoms with Crippen molar-refractivity contribution in [2.45, 2.75) is 37.5 Å². The Hall–Kier alpha value is -1.89. The van der Waals surface area contributed by atoms with E-state index in [2.05, 4.69) is 33.9 Å². The summed E-state index contributed by atoms with van der Waals surface area (Å²) in [5.74, 6) is 0.767. The Bertz CT molecular complexity index is 876. The molecule has 158 valence electrons. The van der Waals surface area contributed by atoms with Gasteiger partial charge in [0.05, 0.1) is 7.11 Å². The van der Waals surface area contributed by atoms with E-state index < -0.39 is 10.0 Å². The monoisotopic (exact) mass is 416 g/mol. The van der Waals surface area contributed by atoms with Gasteiger partial charge in [0.2, 0.25) is 10.0 Å². The number of likely N-dealkylation sites (tertiary alicyclic amines) is 1. The van der Waals surface area contributed by atoms with Crippen LogP contribution in [0, 0.1) is 5.92 Å². The number of nitrogens with zero attached hydrogens (tertiary/aromatic N) is 1. The highest BCUT2D eigenvalue weighted by atomic mass is 32.2. The SMILES string of the molecule is CCc1ccc(OC)c(S(=O)(=O)NCC2CCN(CCc3ccccc3)CC2)c1. The van der Waals surface area contributed by atoms with Crippen LogP contribution in [-0.2, 0) is 22.9 Å². The van der Waals surface area contributed by atoms with E-state index in [9.17, 15) is 8.42 Å². The molecule has 0 aromatic heterocycles. The summed E-state index contributed by atoms with van der Waals surface area (Å²) >= 11 is 0. The molecule has 0 unspecified atom stereocenters. The van der Waals surface area contributed by atoms with Gasteiger partial charge in [0, 0.05) is 13.1 Å². The molecule has 0 saturated carbocycles. The van der Waals surface area contributed by atoms with Crippen LogP contribution in [0.5, 0.6) is 5.75 Å². The predicted octanol–water partition coefficient (Wildman–Crippen LogP) is 3.49. The van der Waals surface area contributed by atoms with E-state index in [4.69, 9.17) is 4.74 Å². The molecule has 3 rings (SSSR count). The molecule has 0 atom stereocenters. The van der Waals surface area contributed by atoms with Crippen molar-refractivity contribution in [3.63, 3.8) is 0 Å². The first-order valence-corrected chi connectivity index (χ1v) is 11.9. The van der Waals surface area contributed by atoms with Gasteiger partial charge in [0.25, 0.3) is 0 Å². The molecule has 2 aromatic rings. The van der Waals surface area contributed by atoms with Crippen LogP contribution in [0.1, 0.15) is 30.9 Å². The third kappa shape index (κ3) is 6.04. The molecule has 1 fully saturated rings. The van der Waals surface area contributed by atoms with Gasteiger partial charge in [-0.2, -0.15) is 0 Å². The lowest BCUT2D eigenvalue weighted by Crippen LogP contribution is -2.39. The normalized spacial score (nSPS) is 16.1. The van der Waals surface area contributed by atoms with Crippen LogP contribution < -0.4 is 9.46 Å². The van der Waals surface area contributed by atoms with Crippen molar-refractivity contribution in [3.8, 4) is 5.75 Å². The van der Waals surface area contributed by atoms with Gasteiger partial charge in [0.15, 0.2) is 0 Å². The molecule has 2 aromatic carbocycles. The van der Waals surface area contributed by atoms with Crippen molar-refractivity contribution >= 4 is 10.0 Å². The fourth-order valence-electron chi connectivity index (χ4n) is 3.80. The van der Waals surface area contributed by atoms with Crippen molar-refractivity contribution in [1.82, 2.24) is 9.62 Å². The Morgan fingerprint density at radius 1 is 1.07 bits per heavy atom.